The number of hydrogen-bond acceptors (Lipinski definition) is 6. The molecule has 6 nitrogen and oxygen atoms in total. The predicted molar refractivity (Wildman–Crippen MR) is 116 cm³/mol. The van der Waals surface area contributed by atoms with Gasteiger partial charge < -0.3 is 4.74 Å². The first-order valence-corrected chi connectivity index (χ1v) is 11.5. The molecule has 0 amide bonds. The maximum absolute atomic E-state index is 12.4. The molecule has 0 N–H and O–H groups in total. The lowest BCUT2D eigenvalue weighted by molar-refractivity contribution is 0.00676. The summed E-state index contributed by atoms with van der Waals surface area (Å²) in [6.07, 6.45) is 2.73. The van der Waals surface area contributed by atoms with Gasteiger partial charge in [0.1, 0.15) is 5.60 Å². The topological polar surface area (TPSA) is 82.6 Å². The highest BCUT2D eigenvalue weighted by molar-refractivity contribution is 7.86. The lowest BCUT2D eigenvalue weighted by Crippen LogP contribution is -2.25. The van der Waals surface area contributed by atoms with Crippen molar-refractivity contribution in [1.82, 2.24) is 4.98 Å². The van der Waals surface area contributed by atoms with Crippen LogP contribution in [-0.4, -0.2) is 31.6 Å². The van der Waals surface area contributed by atoms with Gasteiger partial charge in [-0.05, 0) is 78.1 Å². The summed E-state index contributed by atoms with van der Waals surface area (Å²) in [6.45, 7) is 9.39. The highest BCUT2D eigenvalue weighted by Crippen LogP contribution is 2.18. The summed E-state index contributed by atoms with van der Waals surface area (Å²) in [5, 5.41) is 0. The van der Waals surface area contributed by atoms with Crippen molar-refractivity contribution in [2.75, 3.05) is 6.61 Å². The van der Waals surface area contributed by atoms with E-state index in [9.17, 15) is 13.2 Å². The van der Waals surface area contributed by atoms with Gasteiger partial charge in [0.2, 0.25) is 0 Å². The molecule has 164 valence electrons. The van der Waals surface area contributed by atoms with Crippen LogP contribution < -0.4 is 0 Å². The van der Waals surface area contributed by atoms with Gasteiger partial charge in [-0.15, -0.1) is 0 Å². The van der Waals surface area contributed by atoms with Crippen LogP contribution in [0.5, 0.6) is 0 Å². The van der Waals surface area contributed by atoms with Crippen molar-refractivity contribution >= 4 is 16.1 Å². The van der Waals surface area contributed by atoms with Gasteiger partial charge in [-0.25, -0.2) is 4.79 Å². The first kappa shape index (κ1) is 24.0. The predicted octanol–water partition coefficient (Wildman–Crippen LogP) is 4.77. The number of rotatable bonds is 9. The molecule has 30 heavy (non-hydrogen) atoms. The number of carbonyl (C=O) groups is 1. The zero-order chi connectivity index (χ0) is 22.4. The highest BCUT2D eigenvalue weighted by Gasteiger charge is 2.21. The van der Waals surface area contributed by atoms with Crippen LogP contribution in [0.3, 0.4) is 0 Å². The normalized spacial score (nSPS) is 12.0. The minimum absolute atomic E-state index is 0.121. The summed E-state index contributed by atoms with van der Waals surface area (Å²) < 4.78 is 35.0. The monoisotopic (exact) mass is 433 g/mol. The van der Waals surface area contributed by atoms with E-state index in [0.717, 1.165) is 24.1 Å². The Kier molecular flexibility index (Phi) is 8.15. The lowest BCUT2D eigenvalue weighted by Gasteiger charge is -2.20. The van der Waals surface area contributed by atoms with Gasteiger partial charge in [-0.1, -0.05) is 24.1 Å². The van der Waals surface area contributed by atoms with Crippen LogP contribution in [0.15, 0.2) is 41.3 Å². The van der Waals surface area contributed by atoms with E-state index in [0.29, 0.717) is 24.1 Å². The fourth-order valence-electron chi connectivity index (χ4n) is 2.83. The van der Waals surface area contributed by atoms with Crippen LogP contribution in [0.4, 0.5) is 0 Å². The number of unbranched alkanes of at least 4 members (excludes halogenated alkanes) is 2. The molecule has 0 atom stereocenters. The average molecular weight is 434 g/mol. The summed E-state index contributed by atoms with van der Waals surface area (Å²) in [7, 11) is -3.73. The highest BCUT2D eigenvalue weighted by atomic mass is 32.2. The maximum Gasteiger partial charge on any atom is 0.340 e. The summed E-state index contributed by atoms with van der Waals surface area (Å²) in [5.74, 6) is -0.377. The molecule has 0 saturated carbocycles. The fraction of sp³-hybridized carbons (Fsp3) is 0.478. The number of aryl methyl sites for hydroxylation is 3. The van der Waals surface area contributed by atoms with E-state index >= 15 is 0 Å². The molecule has 1 aromatic carbocycles. The third-order valence-electron chi connectivity index (χ3n) is 4.34. The van der Waals surface area contributed by atoms with Crippen molar-refractivity contribution < 1.29 is 22.1 Å². The molecule has 1 aromatic heterocycles. The summed E-state index contributed by atoms with van der Waals surface area (Å²) in [4.78, 5) is 17.1. The van der Waals surface area contributed by atoms with Crippen molar-refractivity contribution in [3.05, 3.63) is 58.9 Å². The van der Waals surface area contributed by atoms with Gasteiger partial charge in [0.15, 0.2) is 0 Å². The Morgan fingerprint density at radius 1 is 0.967 bits per heavy atom. The molecule has 1 heterocycles. The fourth-order valence-corrected chi connectivity index (χ4v) is 3.78. The number of esters is 1. The van der Waals surface area contributed by atoms with E-state index in [1.807, 2.05) is 34.6 Å². The molecule has 0 aliphatic carbocycles. The smallest absolute Gasteiger partial charge is 0.340 e. The second-order valence-corrected chi connectivity index (χ2v) is 9.96. The molecule has 0 spiro atoms. The molecule has 7 heteroatoms. The Labute approximate surface area is 179 Å². The zero-order valence-corrected chi connectivity index (χ0v) is 19.2. The van der Waals surface area contributed by atoms with Crippen molar-refractivity contribution in [1.29, 1.82) is 0 Å². The molecule has 0 unspecified atom stereocenters. The number of aromatic nitrogens is 1. The van der Waals surface area contributed by atoms with Gasteiger partial charge in [-0.2, -0.15) is 8.42 Å². The van der Waals surface area contributed by atoms with Crippen molar-refractivity contribution in [3.8, 4) is 0 Å². The number of carbonyl (C=O) groups excluding carboxylic acids is 1. The third kappa shape index (κ3) is 7.54. The van der Waals surface area contributed by atoms with Crippen LogP contribution in [0.1, 0.15) is 67.3 Å². The van der Waals surface area contributed by atoms with Gasteiger partial charge in [0.25, 0.3) is 10.1 Å². The van der Waals surface area contributed by atoms with Crippen LogP contribution in [0.25, 0.3) is 0 Å². The summed E-state index contributed by atoms with van der Waals surface area (Å²) in [6, 6.07) is 10.1. The average Bonchev–Trinajstić information content (AvgIpc) is 2.63. The Morgan fingerprint density at radius 2 is 1.63 bits per heavy atom. The number of nitrogens with zero attached hydrogens (tertiary/aromatic N) is 1. The Morgan fingerprint density at radius 3 is 2.27 bits per heavy atom. The molecular weight excluding hydrogens is 402 g/mol. The van der Waals surface area contributed by atoms with Crippen molar-refractivity contribution in [2.45, 2.75) is 70.8 Å². The van der Waals surface area contributed by atoms with E-state index < -0.39 is 15.7 Å². The molecule has 0 fully saturated rings. The minimum Gasteiger partial charge on any atom is -0.456 e. The maximum atomic E-state index is 12.4. The Bertz CT molecular complexity index is 960. The van der Waals surface area contributed by atoms with Crippen LogP contribution in [0, 0.1) is 13.8 Å². The SMILES string of the molecule is Cc1ccc(S(=O)(=O)OCCCCCc2nc(C)ccc2C(=O)OC(C)(C)C)cc1. The largest absolute Gasteiger partial charge is 0.456 e. The van der Waals surface area contributed by atoms with Gasteiger partial charge in [-0.3, -0.25) is 9.17 Å². The molecule has 0 aliphatic heterocycles. The lowest BCUT2D eigenvalue weighted by atomic mass is 10.1. The number of pyridine rings is 1. The molecule has 2 rings (SSSR count). The zero-order valence-electron chi connectivity index (χ0n) is 18.4. The first-order valence-electron chi connectivity index (χ1n) is 10.1. The summed E-state index contributed by atoms with van der Waals surface area (Å²) in [5.41, 5.74) is 2.44. The molecule has 0 aliphatic rings. The van der Waals surface area contributed by atoms with E-state index in [4.69, 9.17) is 8.92 Å². The number of benzene rings is 1. The molecular formula is C23H31NO5S. The number of hydrogen-bond donors (Lipinski definition) is 0. The molecule has 0 saturated heterocycles. The van der Waals surface area contributed by atoms with E-state index in [1.54, 1.807) is 36.4 Å². The van der Waals surface area contributed by atoms with E-state index in [1.165, 1.54) is 0 Å². The molecule has 2 aromatic rings. The Balaban J connectivity index is 1.85. The standard InChI is InChI=1S/C23H31NO5S/c1-17-10-13-19(14-11-17)30(26,27)28-16-8-6-7-9-21-20(15-12-18(2)24-21)22(25)29-23(3,4)5/h10-15H,6-9,16H2,1-5H3. The van der Waals surface area contributed by atoms with Crippen LogP contribution >= 0.6 is 0 Å². The quantitative estimate of drug-likeness (QED) is 0.322. The van der Waals surface area contributed by atoms with Crippen molar-refractivity contribution in [2.24, 2.45) is 0 Å². The molecule has 0 radical (unpaired) electrons. The molecule has 0 bridgehead atoms. The van der Waals surface area contributed by atoms with E-state index in [-0.39, 0.29) is 17.5 Å². The van der Waals surface area contributed by atoms with Crippen LogP contribution in [-0.2, 0) is 25.5 Å². The van der Waals surface area contributed by atoms with Crippen molar-refractivity contribution in [3.63, 3.8) is 0 Å². The number of ether oxygens (including phenoxy) is 1. The van der Waals surface area contributed by atoms with Gasteiger partial charge in [0, 0.05) is 5.69 Å². The third-order valence-corrected chi connectivity index (χ3v) is 5.66. The van der Waals surface area contributed by atoms with Gasteiger partial charge in [0.05, 0.1) is 22.8 Å². The van der Waals surface area contributed by atoms with E-state index in [2.05, 4.69) is 4.98 Å². The summed E-state index contributed by atoms with van der Waals surface area (Å²) >= 11 is 0. The second kappa shape index (κ2) is 10.2. The first-order chi connectivity index (χ1) is 14.0. The second-order valence-electron chi connectivity index (χ2n) is 8.35. The minimum atomic E-state index is -3.73. The van der Waals surface area contributed by atoms with Gasteiger partial charge >= 0.3 is 5.97 Å². The Hall–Kier alpha value is -2.25. The van der Waals surface area contributed by atoms with Crippen LogP contribution in [0.2, 0.25) is 0 Å².